The number of carboxylic acids is 1. The Morgan fingerprint density at radius 2 is 1.62 bits per heavy atom. The number of aromatic nitrogens is 2. The van der Waals surface area contributed by atoms with Gasteiger partial charge >= 0.3 is 12.1 Å². The molecular formula is C15H18F4N4O3. The van der Waals surface area contributed by atoms with E-state index in [9.17, 15) is 22.4 Å². The van der Waals surface area contributed by atoms with Gasteiger partial charge in [-0.1, -0.05) is 0 Å². The first-order valence-corrected chi connectivity index (χ1v) is 7.83. The summed E-state index contributed by atoms with van der Waals surface area (Å²) in [6.07, 6.45) is -0.114. The molecule has 3 rings (SSSR count). The summed E-state index contributed by atoms with van der Waals surface area (Å²) >= 11 is 0. The van der Waals surface area contributed by atoms with Crippen molar-refractivity contribution in [3.05, 3.63) is 18.2 Å². The van der Waals surface area contributed by atoms with Crippen LogP contribution in [0.1, 0.15) is 19.3 Å². The van der Waals surface area contributed by atoms with Crippen LogP contribution in [0.3, 0.4) is 0 Å². The molecule has 3 heterocycles. The van der Waals surface area contributed by atoms with E-state index >= 15 is 0 Å². The maximum Gasteiger partial charge on any atom is 0.490 e. The van der Waals surface area contributed by atoms with Crippen LogP contribution in [0.15, 0.2) is 12.4 Å². The molecule has 1 amide bonds. The van der Waals surface area contributed by atoms with Crippen molar-refractivity contribution in [2.75, 3.05) is 31.6 Å². The topological polar surface area (TPSA) is 86.6 Å². The predicted molar refractivity (Wildman–Crippen MR) is 81.8 cm³/mol. The van der Waals surface area contributed by atoms with Gasteiger partial charge in [-0.25, -0.2) is 19.2 Å². The van der Waals surface area contributed by atoms with Crippen LogP contribution in [0.2, 0.25) is 0 Å². The van der Waals surface area contributed by atoms with Gasteiger partial charge in [0.25, 0.3) is 0 Å². The number of carbonyl (C=O) groups is 2. The Morgan fingerprint density at radius 1 is 1.15 bits per heavy atom. The summed E-state index contributed by atoms with van der Waals surface area (Å²) in [6.45, 7) is 2.36. The Balaban J connectivity index is 0.000000298. The molecule has 7 nitrogen and oxygen atoms in total. The molecule has 2 aliphatic heterocycles. The SMILES string of the molecule is CN1CCC2(CCN(c3ncc(F)cn3)CC2)C1=O.O=C(O)C(F)(F)F. The van der Waals surface area contributed by atoms with E-state index in [0.717, 1.165) is 38.9 Å². The van der Waals surface area contributed by atoms with Crippen LogP contribution in [0.25, 0.3) is 0 Å². The summed E-state index contributed by atoms with van der Waals surface area (Å²) in [5.41, 5.74) is -0.175. The molecular weight excluding hydrogens is 360 g/mol. The van der Waals surface area contributed by atoms with Gasteiger partial charge in [0.1, 0.15) is 0 Å². The number of amides is 1. The molecule has 26 heavy (non-hydrogen) atoms. The first-order valence-electron chi connectivity index (χ1n) is 7.83. The highest BCUT2D eigenvalue weighted by molar-refractivity contribution is 5.84. The number of piperidine rings is 1. The second-order valence-electron chi connectivity index (χ2n) is 6.25. The number of halogens is 4. The van der Waals surface area contributed by atoms with Gasteiger partial charge in [0.2, 0.25) is 11.9 Å². The Kier molecular flexibility index (Phi) is 5.67. The maximum atomic E-state index is 12.8. The number of nitrogens with zero attached hydrogens (tertiary/aromatic N) is 4. The van der Waals surface area contributed by atoms with Crippen molar-refractivity contribution in [3.8, 4) is 0 Å². The minimum Gasteiger partial charge on any atom is -0.475 e. The van der Waals surface area contributed by atoms with Crippen molar-refractivity contribution in [2.24, 2.45) is 5.41 Å². The minimum atomic E-state index is -5.08. The molecule has 0 aromatic carbocycles. The molecule has 2 saturated heterocycles. The lowest BCUT2D eigenvalue weighted by Crippen LogP contribution is -2.44. The fourth-order valence-corrected chi connectivity index (χ4v) is 3.06. The predicted octanol–water partition coefficient (Wildman–Crippen LogP) is 1.70. The molecule has 11 heteroatoms. The van der Waals surface area contributed by atoms with Crippen LogP contribution in [-0.4, -0.2) is 64.7 Å². The second-order valence-corrected chi connectivity index (χ2v) is 6.25. The van der Waals surface area contributed by atoms with E-state index < -0.39 is 18.0 Å². The van der Waals surface area contributed by atoms with E-state index in [0.29, 0.717) is 5.95 Å². The van der Waals surface area contributed by atoms with Gasteiger partial charge in [0, 0.05) is 26.7 Å². The average molecular weight is 378 g/mol. The zero-order valence-corrected chi connectivity index (χ0v) is 14.0. The number of carboxylic acid groups (broad SMARTS) is 1. The Morgan fingerprint density at radius 3 is 2.00 bits per heavy atom. The highest BCUT2D eigenvalue weighted by atomic mass is 19.4. The van der Waals surface area contributed by atoms with Crippen molar-refractivity contribution in [3.63, 3.8) is 0 Å². The van der Waals surface area contributed by atoms with Crippen LogP contribution in [-0.2, 0) is 9.59 Å². The third-order valence-electron chi connectivity index (χ3n) is 4.58. The molecule has 0 bridgehead atoms. The lowest BCUT2D eigenvalue weighted by molar-refractivity contribution is -0.192. The molecule has 1 N–H and O–H groups in total. The first-order chi connectivity index (χ1) is 12.0. The van der Waals surface area contributed by atoms with Crippen molar-refractivity contribution >= 4 is 17.8 Å². The van der Waals surface area contributed by atoms with Crippen LogP contribution in [0, 0.1) is 11.2 Å². The Labute approximate surface area is 146 Å². The summed E-state index contributed by atoms with van der Waals surface area (Å²) in [5.74, 6) is -2.36. The van der Waals surface area contributed by atoms with Crippen molar-refractivity contribution < 1.29 is 32.3 Å². The van der Waals surface area contributed by atoms with Crippen molar-refractivity contribution in [1.29, 1.82) is 0 Å². The smallest absolute Gasteiger partial charge is 0.475 e. The largest absolute Gasteiger partial charge is 0.490 e. The normalized spacial score (nSPS) is 19.3. The van der Waals surface area contributed by atoms with Crippen LogP contribution in [0.4, 0.5) is 23.5 Å². The Hall–Kier alpha value is -2.46. The molecule has 1 aromatic heterocycles. The third kappa shape index (κ3) is 4.38. The Bertz CT molecular complexity index is 658. The summed E-state index contributed by atoms with van der Waals surface area (Å²) < 4.78 is 44.5. The fourth-order valence-electron chi connectivity index (χ4n) is 3.06. The van der Waals surface area contributed by atoms with E-state index in [1.807, 2.05) is 16.8 Å². The van der Waals surface area contributed by atoms with Crippen molar-refractivity contribution in [2.45, 2.75) is 25.4 Å². The van der Waals surface area contributed by atoms with Gasteiger partial charge in [-0.3, -0.25) is 4.79 Å². The molecule has 2 fully saturated rings. The van der Waals surface area contributed by atoms with Gasteiger partial charge in [-0.2, -0.15) is 13.2 Å². The molecule has 2 aliphatic rings. The molecule has 0 unspecified atom stereocenters. The number of carbonyl (C=O) groups excluding carboxylic acids is 1. The second kappa shape index (κ2) is 7.42. The van der Waals surface area contributed by atoms with Gasteiger partial charge in [0.05, 0.1) is 17.8 Å². The number of hydrogen-bond donors (Lipinski definition) is 1. The zero-order valence-electron chi connectivity index (χ0n) is 14.0. The molecule has 144 valence electrons. The number of likely N-dealkylation sites (tertiary alicyclic amines) is 1. The van der Waals surface area contributed by atoms with E-state index in [4.69, 9.17) is 9.90 Å². The zero-order chi connectivity index (χ0) is 19.5. The minimum absolute atomic E-state index is 0.175. The first kappa shape index (κ1) is 19.9. The average Bonchev–Trinajstić information content (AvgIpc) is 2.85. The maximum absolute atomic E-state index is 12.8. The summed E-state index contributed by atoms with van der Waals surface area (Å²) in [5, 5.41) is 7.12. The summed E-state index contributed by atoms with van der Waals surface area (Å²) in [7, 11) is 1.87. The van der Waals surface area contributed by atoms with Gasteiger partial charge in [-0.15, -0.1) is 0 Å². The molecule has 0 saturated carbocycles. The summed E-state index contributed by atoms with van der Waals surface area (Å²) in [4.78, 5) is 32.9. The lowest BCUT2D eigenvalue weighted by atomic mass is 9.77. The molecule has 1 aromatic rings. The van der Waals surface area contributed by atoms with Gasteiger partial charge in [0.15, 0.2) is 5.82 Å². The number of hydrogen-bond acceptors (Lipinski definition) is 5. The highest BCUT2D eigenvalue weighted by Gasteiger charge is 2.47. The van der Waals surface area contributed by atoms with E-state index in [2.05, 4.69) is 9.97 Å². The lowest BCUT2D eigenvalue weighted by Gasteiger charge is -2.37. The van der Waals surface area contributed by atoms with E-state index in [-0.39, 0.29) is 11.3 Å². The standard InChI is InChI=1S/C13H17FN4O.C2HF3O2/c1-17-5-2-13(11(17)19)3-6-18(7-4-13)12-15-8-10(14)9-16-12;3-2(4,5)1(6)7/h8-9H,2-7H2,1H3;(H,6,7). The van der Waals surface area contributed by atoms with E-state index in [1.165, 1.54) is 12.4 Å². The third-order valence-corrected chi connectivity index (χ3v) is 4.58. The van der Waals surface area contributed by atoms with Crippen LogP contribution >= 0.6 is 0 Å². The molecule has 1 spiro atoms. The monoisotopic (exact) mass is 378 g/mol. The number of alkyl halides is 3. The van der Waals surface area contributed by atoms with Crippen LogP contribution < -0.4 is 4.90 Å². The van der Waals surface area contributed by atoms with Gasteiger partial charge in [-0.05, 0) is 19.3 Å². The summed E-state index contributed by atoms with van der Waals surface area (Å²) in [6, 6.07) is 0. The molecule has 0 aliphatic carbocycles. The number of aliphatic carboxylic acids is 1. The fraction of sp³-hybridized carbons (Fsp3) is 0.600. The molecule has 0 radical (unpaired) electrons. The quantitative estimate of drug-likeness (QED) is 0.749. The van der Waals surface area contributed by atoms with Gasteiger partial charge < -0.3 is 14.9 Å². The molecule has 0 atom stereocenters. The van der Waals surface area contributed by atoms with Crippen LogP contribution in [0.5, 0.6) is 0 Å². The number of anilines is 1. The van der Waals surface area contributed by atoms with E-state index in [1.54, 1.807) is 0 Å². The number of rotatable bonds is 1. The van der Waals surface area contributed by atoms with Crippen molar-refractivity contribution in [1.82, 2.24) is 14.9 Å². The highest BCUT2D eigenvalue weighted by Crippen LogP contribution is 2.41.